The Hall–Kier alpha value is -2.87. The monoisotopic (exact) mass is 483 g/mol. The minimum Gasteiger partial charge on any atom is -0.343 e. The van der Waals surface area contributed by atoms with Gasteiger partial charge in [0.25, 0.3) is 10.0 Å². The van der Waals surface area contributed by atoms with Gasteiger partial charge in [-0.05, 0) is 86.1 Å². The summed E-state index contributed by atoms with van der Waals surface area (Å²) in [5.74, 6) is 0.594. The highest BCUT2D eigenvalue weighted by molar-refractivity contribution is 7.92. The van der Waals surface area contributed by atoms with Gasteiger partial charge in [-0.2, -0.15) is 0 Å². The molecule has 2 aliphatic heterocycles. The van der Waals surface area contributed by atoms with Crippen LogP contribution in [0.2, 0.25) is 0 Å². The van der Waals surface area contributed by atoms with Crippen LogP contribution in [-0.4, -0.2) is 44.8 Å². The quantitative estimate of drug-likeness (QED) is 0.672. The molecule has 0 bridgehead atoms. The lowest BCUT2D eigenvalue weighted by atomic mass is 9.99. The average Bonchev–Trinajstić information content (AvgIpc) is 3.20. The third kappa shape index (κ3) is 5.43. The molecule has 0 spiro atoms. The molecule has 2 aliphatic rings. The second kappa shape index (κ2) is 9.78. The molecule has 1 fully saturated rings. The normalized spacial score (nSPS) is 16.4. The van der Waals surface area contributed by atoms with E-state index >= 15 is 0 Å². The van der Waals surface area contributed by atoms with Gasteiger partial charge >= 0.3 is 0 Å². The van der Waals surface area contributed by atoms with Crippen molar-refractivity contribution in [1.82, 2.24) is 4.90 Å². The van der Waals surface area contributed by atoms with Crippen LogP contribution in [0.5, 0.6) is 0 Å². The molecule has 1 N–H and O–H groups in total. The van der Waals surface area contributed by atoms with Crippen LogP contribution in [0.1, 0.15) is 49.3 Å². The van der Waals surface area contributed by atoms with Gasteiger partial charge < -0.3 is 9.80 Å². The highest BCUT2D eigenvalue weighted by Gasteiger charge is 2.28. The Labute approximate surface area is 202 Å². The van der Waals surface area contributed by atoms with Gasteiger partial charge in [-0.1, -0.05) is 13.0 Å². The smallest absolute Gasteiger partial charge is 0.261 e. The van der Waals surface area contributed by atoms with Crippen molar-refractivity contribution in [3.8, 4) is 0 Å². The number of aryl methyl sites for hydroxylation is 2. The standard InChI is InChI=1S/C26H33N3O4S/c1-18-8-11-28(12-9-18)25(30)6-7-26(31)29-13-10-21-17-23(4-5-24(21)29)34(32,33)27-22-15-19(2)14-20(3)16-22/h4-5,14-18,27H,6-13H2,1-3H3. The number of rotatable bonds is 6. The number of nitrogens with one attached hydrogen (secondary N) is 1. The third-order valence-corrected chi connectivity index (χ3v) is 8.10. The number of fused-ring (bicyclic) bond motifs is 1. The number of sulfonamides is 1. The van der Waals surface area contributed by atoms with Crippen molar-refractivity contribution in [3.63, 3.8) is 0 Å². The van der Waals surface area contributed by atoms with E-state index < -0.39 is 10.0 Å². The fourth-order valence-electron chi connectivity index (χ4n) is 4.82. The van der Waals surface area contributed by atoms with E-state index in [-0.39, 0.29) is 29.6 Å². The number of nitrogens with zero attached hydrogens (tertiary/aromatic N) is 2. The molecular formula is C26H33N3O4S. The van der Waals surface area contributed by atoms with Crippen LogP contribution in [0.4, 0.5) is 11.4 Å². The van der Waals surface area contributed by atoms with Gasteiger partial charge in [0.1, 0.15) is 0 Å². The van der Waals surface area contributed by atoms with E-state index in [0.717, 1.165) is 48.3 Å². The van der Waals surface area contributed by atoms with Crippen LogP contribution in [0.15, 0.2) is 41.3 Å². The molecule has 0 radical (unpaired) electrons. The van der Waals surface area contributed by atoms with Crippen LogP contribution in [0.3, 0.4) is 0 Å². The fraction of sp³-hybridized carbons (Fsp3) is 0.462. The first-order chi connectivity index (χ1) is 16.1. The van der Waals surface area contributed by atoms with Crippen molar-refractivity contribution in [2.45, 2.75) is 57.8 Å². The number of likely N-dealkylation sites (tertiary alicyclic amines) is 1. The van der Waals surface area contributed by atoms with Gasteiger partial charge in [-0.15, -0.1) is 0 Å². The number of anilines is 2. The summed E-state index contributed by atoms with van der Waals surface area (Å²) in [6, 6.07) is 10.5. The molecule has 0 saturated carbocycles. The lowest BCUT2D eigenvalue weighted by Gasteiger charge is -2.30. The van der Waals surface area contributed by atoms with Crippen molar-refractivity contribution in [3.05, 3.63) is 53.1 Å². The molecule has 2 heterocycles. The Balaban J connectivity index is 1.40. The summed E-state index contributed by atoms with van der Waals surface area (Å²) in [6.07, 6.45) is 3.00. The molecular weight excluding hydrogens is 450 g/mol. The van der Waals surface area contributed by atoms with Crippen molar-refractivity contribution in [2.24, 2.45) is 5.92 Å². The topological polar surface area (TPSA) is 86.8 Å². The second-order valence-corrected chi connectivity index (χ2v) is 11.3. The van der Waals surface area contributed by atoms with Gasteiger partial charge in [0.2, 0.25) is 11.8 Å². The fourth-order valence-corrected chi connectivity index (χ4v) is 5.91. The molecule has 34 heavy (non-hydrogen) atoms. The van der Waals surface area contributed by atoms with Gasteiger partial charge in [0.05, 0.1) is 4.90 Å². The van der Waals surface area contributed by atoms with Crippen molar-refractivity contribution in [1.29, 1.82) is 0 Å². The molecule has 4 rings (SSSR count). The second-order valence-electron chi connectivity index (χ2n) is 9.63. The highest BCUT2D eigenvalue weighted by atomic mass is 32.2. The lowest BCUT2D eigenvalue weighted by Crippen LogP contribution is -2.38. The minimum absolute atomic E-state index is 0.0403. The molecule has 7 nitrogen and oxygen atoms in total. The highest BCUT2D eigenvalue weighted by Crippen LogP contribution is 2.31. The minimum atomic E-state index is -3.75. The Kier molecular flexibility index (Phi) is 6.98. The number of carbonyl (C=O) groups excluding carboxylic acids is 2. The summed E-state index contributed by atoms with van der Waals surface area (Å²) in [6.45, 7) is 8.09. The first-order valence-corrected chi connectivity index (χ1v) is 13.4. The lowest BCUT2D eigenvalue weighted by molar-refractivity contribution is -0.134. The molecule has 0 aromatic heterocycles. The first-order valence-electron chi connectivity index (χ1n) is 11.9. The molecule has 2 amide bonds. The van der Waals surface area contributed by atoms with E-state index in [0.29, 0.717) is 24.6 Å². The molecule has 0 unspecified atom stereocenters. The van der Waals surface area contributed by atoms with Crippen LogP contribution in [-0.2, 0) is 26.0 Å². The third-order valence-electron chi connectivity index (χ3n) is 6.72. The summed E-state index contributed by atoms with van der Waals surface area (Å²) < 4.78 is 28.6. The van der Waals surface area contributed by atoms with E-state index in [2.05, 4.69) is 11.6 Å². The van der Waals surface area contributed by atoms with Gasteiger partial charge in [0.15, 0.2) is 0 Å². The van der Waals surface area contributed by atoms with Gasteiger partial charge in [-0.25, -0.2) is 8.42 Å². The SMILES string of the molecule is Cc1cc(C)cc(NS(=O)(=O)c2ccc3c(c2)CCN3C(=O)CCC(=O)N2CCC(C)CC2)c1. The Morgan fingerprint density at radius 1 is 0.941 bits per heavy atom. The number of hydrogen-bond acceptors (Lipinski definition) is 4. The zero-order valence-corrected chi connectivity index (χ0v) is 21.0. The zero-order valence-electron chi connectivity index (χ0n) is 20.1. The van der Waals surface area contributed by atoms with Crippen molar-refractivity contribution < 1.29 is 18.0 Å². The number of amides is 2. The average molecular weight is 484 g/mol. The van der Waals surface area contributed by atoms with E-state index in [1.807, 2.05) is 24.8 Å². The van der Waals surface area contributed by atoms with Crippen LogP contribution >= 0.6 is 0 Å². The van der Waals surface area contributed by atoms with E-state index in [4.69, 9.17) is 0 Å². The van der Waals surface area contributed by atoms with Gasteiger partial charge in [0, 0.05) is 43.9 Å². The predicted molar refractivity (Wildman–Crippen MR) is 133 cm³/mol. The molecule has 182 valence electrons. The predicted octanol–water partition coefficient (Wildman–Crippen LogP) is 4.03. The summed E-state index contributed by atoms with van der Waals surface area (Å²) in [7, 11) is -3.75. The molecule has 2 aromatic rings. The molecule has 0 aliphatic carbocycles. The Morgan fingerprint density at radius 2 is 1.59 bits per heavy atom. The maximum Gasteiger partial charge on any atom is 0.261 e. The van der Waals surface area contributed by atoms with E-state index in [1.54, 1.807) is 29.2 Å². The van der Waals surface area contributed by atoms with Crippen LogP contribution in [0.25, 0.3) is 0 Å². The summed E-state index contributed by atoms with van der Waals surface area (Å²) in [5, 5.41) is 0. The summed E-state index contributed by atoms with van der Waals surface area (Å²) in [5.41, 5.74) is 4.05. The van der Waals surface area contributed by atoms with E-state index in [1.165, 1.54) is 6.07 Å². The number of benzene rings is 2. The van der Waals surface area contributed by atoms with Crippen LogP contribution < -0.4 is 9.62 Å². The largest absolute Gasteiger partial charge is 0.343 e. The summed E-state index contributed by atoms with van der Waals surface area (Å²) in [4.78, 5) is 29.1. The maximum absolute atomic E-state index is 13.0. The number of carbonyl (C=O) groups is 2. The Bertz CT molecular complexity index is 1180. The molecule has 0 atom stereocenters. The maximum atomic E-state index is 13.0. The Morgan fingerprint density at radius 3 is 2.26 bits per heavy atom. The van der Waals surface area contributed by atoms with Crippen molar-refractivity contribution >= 4 is 33.2 Å². The summed E-state index contributed by atoms with van der Waals surface area (Å²) >= 11 is 0. The zero-order chi connectivity index (χ0) is 24.5. The molecule has 8 heteroatoms. The molecule has 2 aromatic carbocycles. The molecule has 1 saturated heterocycles. The number of hydrogen-bond donors (Lipinski definition) is 1. The van der Waals surface area contributed by atoms with Crippen LogP contribution in [0, 0.1) is 19.8 Å². The van der Waals surface area contributed by atoms with E-state index in [9.17, 15) is 18.0 Å². The number of piperidine rings is 1. The van der Waals surface area contributed by atoms with Crippen molar-refractivity contribution in [2.75, 3.05) is 29.3 Å². The first kappa shape index (κ1) is 24.3. The van der Waals surface area contributed by atoms with Gasteiger partial charge in [-0.3, -0.25) is 14.3 Å².